The molecule has 0 aliphatic rings. The minimum absolute atomic E-state index is 0.819. The van der Waals surface area contributed by atoms with Crippen LogP contribution in [0.15, 0.2) is 54.7 Å². The van der Waals surface area contributed by atoms with Crippen molar-refractivity contribution in [3.05, 3.63) is 71.7 Å². The highest BCUT2D eigenvalue weighted by molar-refractivity contribution is 5.81. The summed E-state index contributed by atoms with van der Waals surface area (Å²) in [4.78, 5) is 8.77. The topological polar surface area (TPSA) is 25.8 Å². The van der Waals surface area contributed by atoms with Crippen molar-refractivity contribution < 1.29 is 0 Å². The molecule has 0 amide bonds. The Morgan fingerprint density at radius 2 is 1.78 bits per heavy atom. The lowest BCUT2D eigenvalue weighted by Gasteiger charge is -2.06. The molecule has 0 atom stereocenters. The maximum Gasteiger partial charge on any atom is 0.125 e. The summed E-state index contributed by atoms with van der Waals surface area (Å²) in [5, 5.41) is 1.15. The third-order valence-corrected chi connectivity index (χ3v) is 3.07. The van der Waals surface area contributed by atoms with Crippen molar-refractivity contribution in [2.24, 2.45) is 0 Å². The molecule has 0 aliphatic carbocycles. The van der Waals surface area contributed by atoms with Gasteiger partial charge in [0.1, 0.15) is 5.82 Å². The average molecular weight is 234 g/mol. The van der Waals surface area contributed by atoms with Gasteiger partial charge in [0.05, 0.1) is 5.52 Å². The lowest BCUT2D eigenvalue weighted by atomic mass is 10.0. The molecule has 3 rings (SSSR count). The maximum atomic E-state index is 4.47. The maximum absolute atomic E-state index is 4.47. The molecule has 0 saturated carbocycles. The molecular weight excluding hydrogens is 220 g/mol. The molecule has 0 saturated heterocycles. The second-order valence-corrected chi connectivity index (χ2v) is 4.43. The van der Waals surface area contributed by atoms with Gasteiger partial charge in [-0.15, -0.1) is 0 Å². The van der Waals surface area contributed by atoms with Gasteiger partial charge in [-0.05, 0) is 30.5 Å². The predicted molar refractivity (Wildman–Crippen MR) is 73.5 cm³/mol. The summed E-state index contributed by atoms with van der Waals surface area (Å²) in [6, 6.07) is 16.7. The van der Waals surface area contributed by atoms with E-state index in [4.69, 9.17) is 0 Å². The quantitative estimate of drug-likeness (QED) is 0.678. The van der Waals surface area contributed by atoms with Crippen LogP contribution in [-0.2, 0) is 6.42 Å². The molecule has 0 bridgehead atoms. The first kappa shape index (κ1) is 10.9. The number of hydrogen-bond acceptors (Lipinski definition) is 2. The van der Waals surface area contributed by atoms with Crippen molar-refractivity contribution in [2.45, 2.75) is 13.3 Å². The number of fused-ring (bicyclic) bond motifs is 1. The zero-order valence-corrected chi connectivity index (χ0v) is 10.3. The molecule has 0 aliphatic heterocycles. The molecule has 1 heterocycles. The third kappa shape index (κ3) is 2.09. The van der Waals surface area contributed by atoms with Gasteiger partial charge in [-0.25, -0.2) is 9.97 Å². The van der Waals surface area contributed by atoms with Crippen LogP contribution in [0.5, 0.6) is 0 Å². The van der Waals surface area contributed by atoms with E-state index >= 15 is 0 Å². The Bertz CT molecular complexity index is 675. The Morgan fingerprint density at radius 3 is 2.61 bits per heavy atom. The van der Waals surface area contributed by atoms with Gasteiger partial charge in [-0.3, -0.25) is 0 Å². The summed E-state index contributed by atoms with van der Waals surface area (Å²) in [7, 11) is 0. The van der Waals surface area contributed by atoms with Crippen LogP contribution in [0.2, 0.25) is 0 Å². The molecule has 2 aromatic carbocycles. The Labute approximate surface area is 106 Å². The normalized spacial score (nSPS) is 10.7. The highest BCUT2D eigenvalue weighted by Gasteiger charge is 2.03. The van der Waals surface area contributed by atoms with Crippen LogP contribution in [0.4, 0.5) is 0 Å². The highest BCUT2D eigenvalue weighted by Crippen LogP contribution is 2.19. The van der Waals surface area contributed by atoms with Crippen LogP contribution in [0, 0.1) is 6.92 Å². The molecule has 0 spiro atoms. The van der Waals surface area contributed by atoms with Crippen LogP contribution < -0.4 is 0 Å². The molecule has 0 radical (unpaired) electrons. The van der Waals surface area contributed by atoms with E-state index in [0.717, 1.165) is 23.1 Å². The molecule has 1 aromatic heterocycles. The first-order valence-corrected chi connectivity index (χ1v) is 6.08. The van der Waals surface area contributed by atoms with Gasteiger partial charge in [0.15, 0.2) is 0 Å². The van der Waals surface area contributed by atoms with E-state index in [0.29, 0.717) is 0 Å². The second kappa shape index (κ2) is 4.57. The van der Waals surface area contributed by atoms with E-state index in [1.165, 1.54) is 11.1 Å². The smallest absolute Gasteiger partial charge is 0.125 e. The minimum atomic E-state index is 0.819. The van der Waals surface area contributed by atoms with Gasteiger partial charge in [0.2, 0.25) is 0 Å². The van der Waals surface area contributed by atoms with E-state index < -0.39 is 0 Å². The van der Waals surface area contributed by atoms with Crippen molar-refractivity contribution in [1.29, 1.82) is 0 Å². The van der Waals surface area contributed by atoms with Crippen LogP contribution >= 0.6 is 0 Å². The number of nitrogens with zero attached hydrogens (tertiary/aromatic N) is 2. The highest BCUT2D eigenvalue weighted by atomic mass is 14.9. The largest absolute Gasteiger partial charge is 0.241 e. The average Bonchev–Trinajstić information content (AvgIpc) is 2.40. The Hall–Kier alpha value is -2.22. The van der Waals surface area contributed by atoms with Crippen molar-refractivity contribution in [3.8, 4) is 0 Å². The number of rotatable bonds is 2. The number of aryl methyl sites for hydroxylation is 1. The Kier molecular flexibility index (Phi) is 2.77. The summed E-state index contributed by atoms with van der Waals surface area (Å²) in [5.41, 5.74) is 3.61. The fourth-order valence-corrected chi connectivity index (χ4v) is 2.18. The van der Waals surface area contributed by atoms with E-state index in [1.54, 1.807) is 0 Å². The molecule has 0 fully saturated rings. The minimum Gasteiger partial charge on any atom is -0.241 e. The zero-order chi connectivity index (χ0) is 12.4. The lowest BCUT2D eigenvalue weighted by molar-refractivity contribution is 1.08. The summed E-state index contributed by atoms with van der Waals surface area (Å²) in [6.45, 7) is 1.92. The summed E-state index contributed by atoms with van der Waals surface area (Å²) >= 11 is 0. The van der Waals surface area contributed by atoms with E-state index in [-0.39, 0.29) is 0 Å². The van der Waals surface area contributed by atoms with Gasteiger partial charge < -0.3 is 0 Å². The van der Waals surface area contributed by atoms with Crippen LogP contribution in [0.1, 0.15) is 17.0 Å². The number of hydrogen-bond donors (Lipinski definition) is 0. The first-order chi connectivity index (χ1) is 8.83. The van der Waals surface area contributed by atoms with E-state index in [9.17, 15) is 0 Å². The SMILES string of the molecule is Cc1ncc2c(Cc3ccccc3)cccc2n1. The predicted octanol–water partition coefficient (Wildman–Crippen LogP) is 3.53. The lowest BCUT2D eigenvalue weighted by Crippen LogP contribution is -1.93. The molecule has 2 nitrogen and oxygen atoms in total. The monoisotopic (exact) mass is 234 g/mol. The molecule has 2 heteroatoms. The van der Waals surface area contributed by atoms with Crippen LogP contribution in [0.25, 0.3) is 10.9 Å². The second-order valence-electron chi connectivity index (χ2n) is 4.43. The molecule has 0 unspecified atom stereocenters. The molecule has 18 heavy (non-hydrogen) atoms. The van der Waals surface area contributed by atoms with Gasteiger partial charge >= 0.3 is 0 Å². The van der Waals surface area contributed by atoms with Gasteiger partial charge in [0.25, 0.3) is 0 Å². The fourth-order valence-electron chi connectivity index (χ4n) is 2.18. The number of aromatic nitrogens is 2. The fraction of sp³-hybridized carbons (Fsp3) is 0.125. The van der Waals surface area contributed by atoms with Crippen LogP contribution in [-0.4, -0.2) is 9.97 Å². The first-order valence-electron chi connectivity index (χ1n) is 6.08. The van der Waals surface area contributed by atoms with Crippen LogP contribution in [0.3, 0.4) is 0 Å². The molecule has 0 N–H and O–H groups in total. The van der Waals surface area contributed by atoms with Gasteiger partial charge in [0, 0.05) is 11.6 Å². The van der Waals surface area contributed by atoms with Crippen molar-refractivity contribution >= 4 is 10.9 Å². The number of benzene rings is 2. The van der Waals surface area contributed by atoms with Crippen molar-refractivity contribution in [1.82, 2.24) is 9.97 Å². The van der Waals surface area contributed by atoms with E-state index in [2.05, 4.69) is 46.4 Å². The van der Waals surface area contributed by atoms with Gasteiger partial charge in [-0.2, -0.15) is 0 Å². The summed E-state index contributed by atoms with van der Waals surface area (Å²) < 4.78 is 0. The molecular formula is C16H14N2. The zero-order valence-electron chi connectivity index (χ0n) is 10.3. The van der Waals surface area contributed by atoms with Crippen molar-refractivity contribution in [2.75, 3.05) is 0 Å². The standard InChI is InChI=1S/C16H14N2/c1-12-17-11-15-14(8-5-9-16(15)18-12)10-13-6-3-2-4-7-13/h2-9,11H,10H2,1H3. The van der Waals surface area contributed by atoms with Crippen molar-refractivity contribution in [3.63, 3.8) is 0 Å². The molecule has 88 valence electrons. The summed E-state index contributed by atoms with van der Waals surface area (Å²) in [5.74, 6) is 0.819. The third-order valence-electron chi connectivity index (χ3n) is 3.07. The van der Waals surface area contributed by atoms with E-state index in [1.807, 2.05) is 25.3 Å². The molecule has 3 aromatic rings. The summed E-state index contributed by atoms with van der Waals surface area (Å²) in [6.07, 6.45) is 2.85. The van der Waals surface area contributed by atoms with Gasteiger partial charge in [-0.1, -0.05) is 42.5 Å². The Balaban J connectivity index is 2.07. The Morgan fingerprint density at radius 1 is 0.944 bits per heavy atom.